The normalized spacial score (nSPS) is 26.5. The molecule has 12 atom stereocenters. The molecule has 4 aliphatic rings. The Bertz CT molecular complexity index is 3180. The molecule has 0 unspecified atom stereocenters. The van der Waals surface area contributed by atoms with Crippen LogP contribution < -0.4 is 30.7 Å². The second kappa shape index (κ2) is 25.2. The molecule has 436 valence electrons. The van der Waals surface area contributed by atoms with Gasteiger partial charge in [-0.15, -0.1) is 0 Å². The molecule has 2 saturated heterocycles. The Hall–Kier alpha value is -7.14. The van der Waals surface area contributed by atoms with Gasteiger partial charge in [0.15, 0.2) is 11.6 Å². The quantitative estimate of drug-likeness (QED) is 0.0354. The second-order valence-corrected chi connectivity index (χ2v) is 23.6. The SMILES string of the molecule is C[C@H](N[P@@](=O)(OC[C@@]1(C#N)O[C@@H](c2ccc3c(N)ncnn23)[C@H](O)[C@@H]1O)Oc1ccccc1)C(=O)OCC1CCC1.C[C@H](N[P@](=O)(OC[C@@]1(C#N)O[C@@H](c2ccc3c(N)ncnn23)[C@H](O)[C@@H]1O)Oc1ccccc1)C(=O)OCC1CCC1. The van der Waals surface area contributed by atoms with Crippen molar-refractivity contribution in [3.05, 3.63) is 109 Å². The fourth-order valence-electron chi connectivity index (χ4n) is 9.28. The first-order valence-corrected chi connectivity index (χ1v) is 29.3. The van der Waals surface area contributed by atoms with Crippen molar-refractivity contribution in [1.29, 1.82) is 10.5 Å². The van der Waals surface area contributed by atoms with Crippen molar-refractivity contribution in [1.82, 2.24) is 39.4 Å². The summed E-state index contributed by atoms with van der Waals surface area (Å²) in [6, 6.07) is 24.0. The topological polar surface area (TPSA) is 407 Å². The maximum Gasteiger partial charge on any atom is 0.459 e. The zero-order valence-corrected chi connectivity index (χ0v) is 46.2. The summed E-state index contributed by atoms with van der Waals surface area (Å²) in [6.07, 6.45) is -0.639. The predicted molar refractivity (Wildman–Crippen MR) is 286 cm³/mol. The summed E-state index contributed by atoms with van der Waals surface area (Å²) in [5.74, 6) is -0.00126. The van der Waals surface area contributed by atoms with Crippen molar-refractivity contribution in [2.24, 2.45) is 11.8 Å². The Morgan fingerprint density at radius 2 is 1.04 bits per heavy atom. The van der Waals surface area contributed by atoms with E-state index in [4.69, 9.17) is 48.5 Å². The van der Waals surface area contributed by atoms with Crippen LogP contribution in [0.5, 0.6) is 11.5 Å². The Labute approximate surface area is 469 Å². The number of anilines is 2. The Morgan fingerprint density at radius 1 is 0.659 bits per heavy atom. The number of hydrogen-bond donors (Lipinski definition) is 8. The van der Waals surface area contributed by atoms with Gasteiger partial charge in [0, 0.05) is 0 Å². The number of hydrogen-bond acceptors (Lipinski definition) is 24. The minimum atomic E-state index is -4.39. The maximum atomic E-state index is 13.9. The van der Waals surface area contributed by atoms with E-state index in [-0.39, 0.29) is 36.3 Å². The summed E-state index contributed by atoms with van der Waals surface area (Å²) in [6.45, 7) is 1.83. The van der Waals surface area contributed by atoms with Crippen LogP contribution in [0.1, 0.15) is 76.0 Å². The number of esters is 2. The molecule has 30 heteroatoms. The highest BCUT2D eigenvalue weighted by Crippen LogP contribution is 2.50. The van der Waals surface area contributed by atoms with Crippen LogP contribution >= 0.6 is 15.5 Å². The molecule has 0 spiro atoms. The molecule has 0 radical (unpaired) electrons. The molecule has 2 aromatic carbocycles. The zero-order chi connectivity index (χ0) is 58.4. The third-order valence-corrected chi connectivity index (χ3v) is 17.7. The van der Waals surface area contributed by atoms with E-state index in [9.17, 15) is 49.7 Å². The van der Waals surface area contributed by atoms with E-state index in [1.54, 1.807) is 60.7 Å². The van der Waals surface area contributed by atoms with Crippen molar-refractivity contribution >= 4 is 50.1 Å². The number of fused-ring (bicyclic) bond motifs is 2. The molecule has 6 heterocycles. The van der Waals surface area contributed by atoms with Crippen molar-refractivity contribution < 1.29 is 76.2 Å². The summed E-state index contributed by atoms with van der Waals surface area (Å²) >= 11 is 0. The van der Waals surface area contributed by atoms with Gasteiger partial charge in [-0.25, -0.2) is 28.1 Å². The van der Waals surface area contributed by atoms with Crippen LogP contribution in [0.15, 0.2) is 97.6 Å². The number of ether oxygens (including phenoxy) is 4. The van der Waals surface area contributed by atoms with Gasteiger partial charge in [-0.3, -0.25) is 18.6 Å². The van der Waals surface area contributed by atoms with Crippen LogP contribution in [0.2, 0.25) is 0 Å². The number of nitrogen functional groups attached to an aromatic ring is 2. The Kier molecular flexibility index (Phi) is 18.2. The van der Waals surface area contributed by atoms with Crippen LogP contribution in [0.4, 0.5) is 11.6 Å². The van der Waals surface area contributed by atoms with Crippen molar-refractivity contribution in [2.75, 3.05) is 37.9 Å². The van der Waals surface area contributed by atoms with Gasteiger partial charge >= 0.3 is 27.4 Å². The van der Waals surface area contributed by atoms with Crippen LogP contribution in [-0.2, 0) is 46.7 Å². The molecule has 6 aromatic rings. The van der Waals surface area contributed by atoms with Gasteiger partial charge in [-0.2, -0.15) is 30.9 Å². The molecule has 4 aromatic heterocycles. The number of nitrogens with two attached hydrogens (primary N) is 2. The Morgan fingerprint density at radius 3 is 1.38 bits per heavy atom. The average Bonchev–Trinajstić information content (AvgIpc) is 3.96. The molecule has 28 nitrogen and oxygen atoms in total. The first kappa shape index (κ1) is 59.5. The van der Waals surface area contributed by atoms with Crippen LogP contribution in [-0.4, -0.2) is 136 Å². The number of nitriles is 2. The van der Waals surface area contributed by atoms with Gasteiger partial charge in [0.1, 0.15) is 109 Å². The average molecular weight is 1170 g/mol. The number of carbonyl (C=O) groups is 2. The minimum Gasteiger partial charge on any atom is -0.464 e. The first-order valence-electron chi connectivity index (χ1n) is 26.2. The van der Waals surface area contributed by atoms with Gasteiger partial charge < -0.3 is 59.9 Å². The van der Waals surface area contributed by atoms with Gasteiger partial charge in [-0.05, 0) is 99.9 Å². The monoisotopic (exact) mass is 1170 g/mol. The summed E-state index contributed by atoms with van der Waals surface area (Å²) in [5.41, 5.74) is 8.90. The molecule has 10 rings (SSSR count). The summed E-state index contributed by atoms with van der Waals surface area (Å²) in [5, 5.41) is 77.2. The third kappa shape index (κ3) is 12.9. The van der Waals surface area contributed by atoms with Gasteiger partial charge in [0.25, 0.3) is 0 Å². The summed E-state index contributed by atoms with van der Waals surface area (Å²) in [7, 11) is -8.78. The fourth-order valence-corrected chi connectivity index (χ4v) is 12.3. The molecule has 2 saturated carbocycles. The molecule has 2 aliphatic carbocycles. The van der Waals surface area contributed by atoms with Gasteiger partial charge in [0.05, 0.1) is 24.6 Å². The number of carbonyl (C=O) groups excluding carboxylic acids is 2. The van der Waals surface area contributed by atoms with Crippen molar-refractivity contribution in [3.63, 3.8) is 0 Å². The molecule has 4 fully saturated rings. The number of aromatic nitrogens is 6. The molecule has 0 bridgehead atoms. The highest BCUT2D eigenvalue weighted by Gasteiger charge is 2.59. The lowest BCUT2D eigenvalue weighted by Gasteiger charge is -2.29. The lowest BCUT2D eigenvalue weighted by Crippen LogP contribution is -2.46. The van der Waals surface area contributed by atoms with Crippen LogP contribution in [0.25, 0.3) is 11.0 Å². The van der Waals surface area contributed by atoms with E-state index in [2.05, 4.69) is 30.3 Å². The first-order chi connectivity index (χ1) is 39.3. The number of para-hydroxylation sites is 2. The lowest BCUT2D eigenvalue weighted by atomic mass is 9.86. The largest absolute Gasteiger partial charge is 0.464 e. The van der Waals surface area contributed by atoms with Gasteiger partial charge in [-0.1, -0.05) is 49.2 Å². The molecule has 82 heavy (non-hydrogen) atoms. The van der Waals surface area contributed by atoms with E-state index in [1.807, 2.05) is 12.1 Å². The standard InChI is InChI=1S/2C26H31N6O8P/c2*1-16(25(35)37-12-17-6-5-7-17)31-41(36,40-18-8-3-2-4-9-18)38-14-26(13-27)23(34)21(33)22(39-26)19-10-11-20-24(28)29-15-30-32(19)20/h2*2-4,8-11,15-17,21-23,33-34H,5-7,12,14H2,1H3,(H,31,36)(H2,28,29,30)/t16-,21-,22-,23-,26+,41+;16-,21-,22-,23-,26+,41-/m00/s1. The van der Waals surface area contributed by atoms with Crippen LogP contribution in [0, 0.1) is 34.5 Å². The summed E-state index contributed by atoms with van der Waals surface area (Å²) in [4.78, 5) is 33.1. The van der Waals surface area contributed by atoms with E-state index in [1.165, 1.54) is 59.8 Å². The van der Waals surface area contributed by atoms with Crippen molar-refractivity contribution in [2.45, 2.75) is 112 Å². The molecule has 10 N–H and O–H groups in total. The van der Waals surface area contributed by atoms with E-state index in [0.29, 0.717) is 34.3 Å². The van der Waals surface area contributed by atoms with E-state index in [0.717, 1.165) is 38.5 Å². The van der Waals surface area contributed by atoms with E-state index < -0.39 is 101 Å². The highest BCUT2D eigenvalue weighted by molar-refractivity contribution is 7.52. The van der Waals surface area contributed by atoms with E-state index >= 15 is 0 Å². The number of benzene rings is 2. The highest BCUT2D eigenvalue weighted by atomic mass is 31.2. The fraction of sp³-hybridized carbons (Fsp3) is 0.462. The number of aliphatic hydroxyl groups excluding tert-OH is 4. The predicted octanol–water partition coefficient (Wildman–Crippen LogP) is 3.78. The smallest absolute Gasteiger partial charge is 0.459 e. The van der Waals surface area contributed by atoms with Crippen LogP contribution in [0.3, 0.4) is 0 Å². The third-order valence-electron chi connectivity index (χ3n) is 14.5. The number of nitrogens with zero attached hydrogens (tertiary/aromatic N) is 8. The second-order valence-electron chi connectivity index (χ2n) is 20.3. The minimum absolute atomic E-state index is 0.159. The molecule has 2 aliphatic heterocycles. The van der Waals surface area contributed by atoms with Gasteiger partial charge in [0.2, 0.25) is 11.2 Å². The number of rotatable bonds is 22. The molecular formula is C52H62N12O16P2. The summed E-state index contributed by atoms with van der Waals surface area (Å²) < 4.78 is 75.6. The number of aliphatic hydroxyl groups is 4. The number of nitrogens with one attached hydrogen (secondary N) is 2. The Balaban J connectivity index is 0.000000198. The zero-order valence-electron chi connectivity index (χ0n) is 44.4. The maximum absolute atomic E-state index is 13.9. The molecule has 0 amide bonds. The van der Waals surface area contributed by atoms with Crippen molar-refractivity contribution in [3.8, 4) is 23.6 Å². The molecular weight excluding hydrogens is 1110 g/mol. The lowest BCUT2D eigenvalue weighted by molar-refractivity contribution is -0.148.